The molecular formula is C20H33NOSi. The highest BCUT2D eigenvalue weighted by Crippen LogP contribution is 2.42. The van der Waals surface area contributed by atoms with Gasteiger partial charge in [-0.1, -0.05) is 53.4 Å². The van der Waals surface area contributed by atoms with E-state index in [-0.39, 0.29) is 0 Å². The average molecular weight is 332 g/mol. The second-order valence-electron chi connectivity index (χ2n) is 7.48. The van der Waals surface area contributed by atoms with Gasteiger partial charge < -0.3 is 4.43 Å². The van der Waals surface area contributed by atoms with E-state index < -0.39 is 8.32 Å². The van der Waals surface area contributed by atoms with Gasteiger partial charge in [-0.15, -0.1) is 0 Å². The quantitative estimate of drug-likeness (QED) is 0.528. The van der Waals surface area contributed by atoms with E-state index >= 15 is 0 Å². The van der Waals surface area contributed by atoms with Crippen molar-refractivity contribution < 1.29 is 4.43 Å². The summed E-state index contributed by atoms with van der Waals surface area (Å²) < 4.78 is 6.67. The summed E-state index contributed by atoms with van der Waals surface area (Å²) in [6.07, 6.45) is 0. The molecule has 128 valence electrons. The molecule has 1 aromatic carbocycles. The van der Waals surface area contributed by atoms with Crippen LogP contribution in [0.2, 0.25) is 16.6 Å². The molecule has 0 saturated heterocycles. The van der Waals surface area contributed by atoms with Crippen LogP contribution in [-0.2, 0) is 0 Å². The van der Waals surface area contributed by atoms with Crippen molar-refractivity contribution >= 4 is 8.32 Å². The van der Waals surface area contributed by atoms with Crippen molar-refractivity contribution in [3.8, 4) is 17.6 Å². The zero-order valence-corrected chi connectivity index (χ0v) is 17.1. The van der Waals surface area contributed by atoms with Gasteiger partial charge in [0.25, 0.3) is 8.32 Å². The first-order valence-electron chi connectivity index (χ1n) is 8.62. The third-order valence-electron chi connectivity index (χ3n) is 4.48. The fourth-order valence-electron chi connectivity index (χ4n) is 3.46. The largest absolute Gasteiger partial charge is 0.543 e. The van der Waals surface area contributed by atoms with Crippen LogP contribution in [0.3, 0.4) is 0 Å². The normalized spacial score (nSPS) is 12.0. The molecule has 0 heterocycles. The van der Waals surface area contributed by atoms with Crippen molar-refractivity contribution in [3.05, 3.63) is 29.8 Å². The van der Waals surface area contributed by atoms with E-state index in [0.29, 0.717) is 16.6 Å². The summed E-state index contributed by atoms with van der Waals surface area (Å²) in [5.41, 5.74) is 2.80. The molecule has 2 nitrogen and oxygen atoms in total. The number of nitrogens with zero attached hydrogens (tertiary/aromatic N) is 1. The number of rotatable bonds is 6. The lowest BCUT2D eigenvalue weighted by molar-refractivity contribution is 0.464. The number of benzene rings is 1. The molecule has 0 aliphatic carbocycles. The molecule has 0 aromatic heterocycles. The van der Waals surface area contributed by atoms with Gasteiger partial charge in [-0.2, -0.15) is 0 Å². The van der Waals surface area contributed by atoms with Gasteiger partial charge in [0.1, 0.15) is 5.75 Å². The molecule has 3 heteroatoms. The summed E-state index contributed by atoms with van der Waals surface area (Å²) in [6.45, 7) is 14.7. The van der Waals surface area contributed by atoms with E-state index in [9.17, 15) is 0 Å². The summed E-state index contributed by atoms with van der Waals surface area (Å²) in [5.74, 6) is 7.36. The van der Waals surface area contributed by atoms with Crippen molar-refractivity contribution in [3.63, 3.8) is 0 Å². The molecule has 0 atom stereocenters. The maximum atomic E-state index is 6.67. The highest BCUT2D eigenvalue weighted by molar-refractivity contribution is 6.78. The van der Waals surface area contributed by atoms with Crippen molar-refractivity contribution in [1.82, 2.24) is 4.90 Å². The Hall–Kier alpha value is -1.24. The van der Waals surface area contributed by atoms with Crippen LogP contribution in [0.25, 0.3) is 0 Å². The zero-order valence-electron chi connectivity index (χ0n) is 16.1. The van der Waals surface area contributed by atoms with Crippen molar-refractivity contribution in [2.45, 2.75) is 58.2 Å². The van der Waals surface area contributed by atoms with E-state index in [2.05, 4.69) is 82.5 Å². The summed E-state index contributed by atoms with van der Waals surface area (Å²) in [7, 11) is 2.19. The Labute approximate surface area is 144 Å². The van der Waals surface area contributed by atoms with Crippen molar-refractivity contribution in [2.24, 2.45) is 0 Å². The minimum absolute atomic E-state index is 0.585. The van der Waals surface area contributed by atoms with Crippen LogP contribution >= 0.6 is 0 Å². The predicted octanol–water partition coefficient (Wildman–Crippen LogP) is 5.15. The van der Waals surface area contributed by atoms with Gasteiger partial charge in [-0.25, -0.2) is 0 Å². The van der Waals surface area contributed by atoms with Crippen LogP contribution in [-0.4, -0.2) is 33.9 Å². The van der Waals surface area contributed by atoms with E-state index in [1.165, 1.54) is 0 Å². The van der Waals surface area contributed by atoms with Crippen LogP contribution in [0.15, 0.2) is 24.3 Å². The molecule has 0 N–H and O–H groups in total. The summed E-state index contributed by atoms with van der Waals surface area (Å²) in [5, 5.41) is 0. The fourth-order valence-corrected chi connectivity index (χ4v) is 8.72. The molecule has 0 bridgehead atoms. The first-order chi connectivity index (χ1) is 10.7. The molecule has 0 saturated carbocycles. The summed E-state index contributed by atoms with van der Waals surface area (Å²) in [6, 6.07) is 8.29. The van der Waals surface area contributed by atoms with Crippen molar-refractivity contribution in [2.75, 3.05) is 20.6 Å². The molecule has 23 heavy (non-hydrogen) atoms. The zero-order chi connectivity index (χ0) is 17.6. The molecule has 0 amide bonds. The van der Waals surface area contributed by atoms with E-state index in [1.807, 2.05) is 14.1 Å². The maximum absolute atomic E-state index is 6.67. The molecule has 0 unspecified atom stereocenters. The van der Waals surface area contributed by atoms with Crippen LogP contribution in [0.4, 0.5) is 0 Å². The summed E-state index contributed by atoms with van der Waals surface area (Å²) in [4.78, 5) is 2.07. The Morgan fingerprint density at radius 3 is 1.78 bits per heavy atom. The van der Waals surface area contributed by atoms with Gasteiger partial charge in [0.15, 0.2) is 0 Å². The molecule has 0 fully saturated rings. The van der Waals surface area contributed by atoms with Gasteiger partial charge in [-0.3, -0.25) is 4.90 Å². The molecular weight excluding hydrogens is 298 g/mol. The molecule has 1 aromatic rings. The Balaban J connectivity index is 2.96. The lowest BCUT2D eigenvalue weighted by atomic mass is 10.2. The van der Waals surface area contributed by atoms with Gasteiger partial charge in [0.2, 0.25) is 0 Å². The Morgan fingerprint density at radius 2 is 1.39 bits per heavy atom. The van der Waals surface area contributed by atoms with Crippen LogP contribution in [0.1, 0.15) is 47.1 Å². The maximum Gasteiger partial charge on any atom is 0.258 e. The number of hydrogen-bond acceptors (Lipinski definition) is 2. The van der Waals surface area contributed by atoms with Gasteiger partial charge >= 0.3 is 0 Å². The lowest BCUT2D eigenvalue weighted by Gasteiger charge is -2.42. The SMILES string of the molecule is CC(C)[Si](Oc1ccc(C#CCN(C)C)cc1)(C(C)C)C(C)C. The monoisotopic (exact) mass is 331 g/mol. The van der Waals surface area contributed by atoms with E-state index in [1.54, 1.807) is 0 Å². The fraction of sp³-hybridized carbons (Fsp3) is 0.600. The Morgan fingerprint density at radius 1 is 0.913 bits per heavy atom. The highest BCUT2D eigenvalue weighted by Gasteiger charge is 2.46. The van der Waals surface area contributed by atoms with Crippen LogP contribution in [0, 0.1) is 11.8 Å². The minimum atomic E-state index is -1.87. The second kappa shape index (κ2) is 8.56. The predicted molar refractivity (Wildman–Crippen MR) is 104 cm³/mol. The molecule has 0 radical (unpaired) electrons. The number of hydrogen-bond donors (Lipinski definition) is 0. The van der Waals surface area contributed by atoms with Gasteiger partial charge in [-0.05, 0) is 55.0 Å². The summed E-state index contributed by atoms with van der Waals surface area (Å²) >= 11 is 0. The third-order valence-corrected chi connectivity index (χ3v) is 10.5. The average Bonchev–Trinajstić information content (AvgIpc) is 2.44. The molecule has 1 rings (SSSR count). The van der Waals surface area contributed by atoms with E-state index in [4.69, 9.17) is 4.43 Å². The Bertz CT molecular complexity index is 513. The van der Waals surface area contributed by atoms with Gasteiger partial charge in [0.05, 0.1) is 6.54 Å². The Kier molecular flexibility index (Phi) is 7.37. The van der Waals surface area contributed by atoms with Gasteiger partial charge in [0, 0.05) is 5.56 Å². The highest BCUT2D eigenvalue weighted by atomic mass is 28.4. The molecule has 0 aliphatic heterocycles. The van der Waals surface area contributed by atoms with E-state index in [0.717, 1.165) is 17.9 Å². The van der Waals surface area contributed by atoms with Crippen molar-refractivity contribution in [1.29, 1.82) is 0 Å². The molecule has 0 aliphatic rings. The topological polar surface area (TPSA) is 12.5 Å². The smallest absolute Gasteiger partial charge is 0.258 e. The lowest BCUT2D eigenvalue weighted by Crippen LogP contribution is -2.50. The van der Waals surface area contributed by atoms with Crippen LogP contribution in [0.5, 0.6) is 5.75 Å². The third kappa shape index (κ3) is 5.12. The first kappa shape index (κ1) is 19.8. The first-order valence-corrected chi connectivity index (χ1v) is 10.8. The minimum Gasteiger partial charge on any atom is -0.543 e. The standard InChI is InChI=1S/C20H33NOSi/c1-16(2)23(17(3)4,18(5)6)22-20-13-11-19(12-14-20)10-9-15-21(7)8/h11-14,16-18H,15H2,1-8H3. The molecule has 0 spiro atoms. The van der Waals surface area contributed by atoms with Crippen LogP contribution < -0.4 is 4.43 Å². The second-order valence-corrected chi connectivity index (χ2v) is 12.9.